The number of carbonyl (C=O) groups is 3. The molecule has 0 aliphatic carbocycles. The third kappa shape index (κ3) is 5.86. The summed E-state index contributed by atoms with van der Waals surface area (Å²) in [6.07, 6.45) is -0.644. The fourth-order valence-corrected chi connectivity index (χ4v) is 2.55. The fraction of sp³-hybridized carbons (Fsp3) is 0.357. The highest BCUT2D eigenvalue weighted by molar-refractivity contribution is 8.00. The SMILES string of the molecule is Cc1ccc(C)c(SCC(=O)N[C@H](CC(=O)O)C(=O)O)c1. The van der Waals surface area contributed by atoms with Gasteiger partial charge in [-0.05, 0) is 25.5 Å². The number of hydrogen-bond acceptors (Lipinski definition) is 4. The van der Waals surface area contributed by atoms with E-state index in [9.17, 15) is 14.4 Å². The second kappa shape index (κ2) is 7.68. The minimum Gasteiger partial charge on any atom is -0.481 e. The molecular formula is C14H17NO5S. The zero-order valence-electron chi connectivity index (χ0n) is 11.8. The first-order valence-electron chi connectivity index (χ1n) is 6.23. The zero-order valence-corrected chi connectivity index (χ0v) is 12.6. The van der Waals surface area contributed by atoms with Crippen LogP contribution in [-0.2, 0) is 14.4 Å². The minimum absolute atomic E-state index is 0.0354. The van der Waals surface area contributed by atoms with Gasteiger partial charge in [-0.2, -0.15) is 0 Å². The number of carboxylic acid groups (broad SMARTS) is 2. The summed E-state index contributed by atoms with van der Waals surface area (Å²) in [6, 6.07) is 4.45. The van der Waals surface area contributed by atoms with Gasteiger partial charge in [0.05, 0.1) is 12.2 Å². The van der Waals surface area contributed by atoms with Crippen molar-refractivity contribution in [1.82, 2.24) is 5.32 Å². The van der Waals surface area contributed by atoms with E-state index in [4.69, 9.17) is 10.2 Å². The van der Waals surface area contributed by atoms with E-state index in [-0.39, 0.29) is 5.75 Å². The van der Waals surface area contributed by atoms with Crippen molar-refractivity contribution in [3.8, 4) is 0 Å². The number of aryl methyl sites for hydroxylation is 2. The van der Waals surface area contributed by atoms with Gasteiger partial charge in [0.15, 0.2) is 0 Å². The van der Waals surface area contributed by atoms with Crippen LogP contribution in [0.1, 0.15) is 17.5 Å². The van der Waals surface area contributed by atoms with Gasteiger partial charge < -0.3 is 15.5 Å². The summed E-state index contributed by atoms with van der Waals surface area (Å²) in [6.45, 7) is 3.86. The topological polar surface area (TPSA) is 104 Å². The monoisotopic (exact) mass is 311 g/mol. The van der Waals surface area contributed by atoms with Gasteiger partial charge in [-0.3, -0.25) is 9.59 Å². The lowest BCUT2D eigenvalue weighted by molar-refractivity contribution is -0.147. The molecule has 0 fully saturated rings. The maximum atomic E-state index is 11.7. The molecule has 21 heavy (non-hydrogen) atoms. The highest BCUT2D eigenvalue weighted by Gasteiger charge is 2.22. The highest BCUT2D eigenvalue weighted by atomic mass is 32.2. The van der Waals surface area contributed by atoms with Crippen molar-refractivity contribution in [1.29, 1.82) is 0 Å². The lowest BCUT2D eigenvalue weighted by Gasteiger charge is -2.12. The summed E-state index contributed by atoms with van der Waals surface area (Å²) >= 11 is 1.29. The molecule has 1 amide bonds. The van der Waals surface area contributed by atoms with Crippen LogP contribution in [0, 0.1) is 13.8 Å². The van der Waals surface area contributed by atoms with Crippen molar-refractivity contribution < 1.29 is 24.6 Å². The maximum absolute atomic E-state index is 11.7. The smallest absolute Gasteiger partial charge is 0.326 e. The number of aliphatic carboxylic acids is 2. The van der Waals surface area contributed by atoms with Gasteiger partial charge in [-0.25, -0.2) is 4.79 Å². The molecule has 7 heteroatoms. The van der Waals surface area contributed by atoms with E-state index < -0.39 is 30.3 Å². The number of benzene rings is 1. The lowest BCUT2D eigenvalue weighted by atomic mass is 10.2. The van der Waals surface area contributed by atoms with E-state index in [1.54, 1.807) is 0 Å². The molecule has 0 spiro atoms. The van der Waals surface area contributed by atoms with Crippen LogP contribution in [0.4, 0.5) is 0 Å². The molecule has 0 radical (unpaired) electrons. The minimum atomic E-state index is -1.41. The molecule has 0 heterocycles. The van der Waals surface area contributed by atoms with E-state index in [0.29, 0.717) is 0 Å². The molecule has 0 saturated heterocycles. The predicted octanol–water partition coefficient (Wildman–Crippen LogP) is 1.44. The lowest BCUT2D eigenvalue weighted by Crippen LogP contribution is -2.43. The molecule has 0 aliphatic rings. The normalized spacial score (nSPS) is 11.7. The standard InChI is InChI=1S/C14H17NO5S/c1-8-3-4-9(2)11(5-8)21-7-12(16)15-10(14(19)20)6-13(17)18/h3-5,10H,6-7H2,1-2H3,(H,15,16)(H,17,18)(H,19,20)/t10-/m1/s1. The van der Waals surface area contributed by atoms with E-state index in [2.05, 4.69) is 5.32 Å². The first-order valence-corrected chi connectivity index (χ1v) is 7.22. The number of carbonyl (C=O) groups excluding carboxylic acids is 1. The summed E-state index contributed by atoms with van der Waals surface area (Å²) in [7, 11) is 0. The van der Waals surface area contributed by atoms with Gasteiger partial charge in [-0.15, -0.1) is 11.8 Å². The van der Waals surface area contributed by atoms with Crippen LogP contribution in [0.5, 0.6) is 0 Å². The van der Waals surface area contributed by atoms with Crippen LogP contribution in [0.25, 0.3) is 0 Å². The molecule has 0 unspecified atom stereocenters. The Morgan fingerprint density at radius 2 is 1.90 bits per heavy atom. The summed E-state index contributed by atoms with van der Waals surface area (Å²) in [4.78, 5) is 34.1. The van der Waals surface area contributed by atoms with Crippen LogP contribution in [0.2, 0.25) is 0 Å². The average Bonchev–Trinajstić information content (AvgIpc) is 2.38. The van der Waals surface area contributed by atoms with E-state index in [1.165, 1.54) is 11.8 Å². The van der Waals surface area contributed by atoms with Crippen LogP contribution in [0.3, 0.4) is 0 Å². The van der Waals surface area contributed by atoms with E-state index >= 15 is 0 Å². The van der Waals surface area contributed by atoms with E-state index in [0.717, 1.165) is 16.0 Å². The van der Waals surface area contributed by atoms with E-state index in [1.807, 2.05) is 32.0 Å². The molecule has 114 valence electrons. The van der Waals surface area contributed by atoms with Gasteiger partial charge >= 0.3 is 11.9 Å². The van der Waals surface area contributed by atoms with Crippen molar-refractivity contribution in [2.45, 2.75) is 31.2 Å². The third-order valence-corrected chi connectivity index (χ3v) is 3.87. The summed E-state index contributed by atoms with van der Waals surface area (Å²) in [5.41, 5.74) is 2.09. The number of rotatable bonds is 7. The molecule has 0 aliphatic heterocycles. The van der Waals surface area contributed by atoms with Crippen molar-refractivity contribution in [2.75, 3.05) is 5.75 Å². The molecule has 1 rings (SSSR count). The average molecular weight is 311 g/mol. The van der Waals surface area contributed by atoms with Crippen molar-refractivity contribution in [2.24, 2.45) is 0 Å². The quantitative estimate of drug-likeness (QED) is 0.658. The Morgan fingerprint density at radius 3 is 2.48 bits per heavy atom. The predicted molar refractivity (Wildman–Crippen MR) is 78.5 cm³/mol. The number of hydrogen-bond donors (Lipinski definition) is 3. The largest absolute Gasteiger partial charge is 0.481 e. The Labute approximate surface area is 126 Å². The zero-order chi connectivity index (χ0) is 16.0. The van der Waals surface area contributed by atoms with Crippen LogP contribution in [-0.4, -0.2) is 39.9 Å². The number of carboxylic acids is 2. The first-order chi connectivity index (χ1) is 9.79. The molecule has 1 atom stereocenters. The number of amides is 1. The second-order valence-corrected chi connectivity index (χ2v) is 5.63. The van der Waals surface area contributed by atoms with Gasteiger partial charge in [-0.1, -0.05) is 17.7 Å². The van der Waals surface area contributed by atoms with Crippen molar-refractivity contribution >= 4 is 29.6 Å². The molecule has 0 bridgehead atoms. The molecule has 0 aromatic heterocycles. The molecule has 3 N–H and O–H groups in total. The second-order valence-electron chi connectivity index (χ2n) is 4.61. The van der Waals surface area contributed by atoms with Crippen LogP contribution in [0.15, 0.2) is 23.1 Å². The van der Waals surface area contributed by atoms with Crippen LogP contribution >= 0.6 is 11.8 Å². The van der Waals surface area contributed by atoms with Crippen molar-refractivity contribution in [3.05, 3.63) is 29.3 Å². The third-order valence-electron chi connectivity index (χ3n) is 2.71. The summed E-state index contributed by atoms with van der Waals surface area (Å²) in [5, 5.41) is 19.7. The molecule has 1 aromatic carbocycles. The van der Waals surface area contributed by atoms with Gasteiger partial charge in [0.25, 0.3) is 0 Å². The van der Waals surface area contributed by atoms with Crippen LogP contribution < -0.4 is 5.32 Å². The highest BCUT2D eigenvalue weighted by Crippen LogP contribution is 2.23. The first kappa shape index (κ1) is 17.0. The van der Waals surface area contributed by atoms with Gasteiger partial charge in [0.2, 0.25) is 5.91 Å². The maximum Gasteiger partial charge on any atom is 0.326 e. The molecule has 6 nitrogen and oxygen atoms in total. The fourth-order valence-electron chi connectivity index (χ4n) is 1.62. The van der Waals surface area contributed by atoms with Gasteiger partial charge in [0, 0.05) is 4.90 Å². The molecule has 0 saturated carbocycles. The molecular weight excluding hydrogens is 294 g/mol. The summed E-state index contributed by atoms with van der Waals surface area (Å²) in [5.74, 6) is -3.10. The Balaban J connectivity index is 2.58. The number of thioether (sulfide) groups is 1. The Hall–Kier alpha value is -2.02. The number of nitrogens with one attached hydrogen (secondary N) is 1. The van der Waals surface area contributed by atoms with Gasteiger partial charge in [0.1, 0.15) is 6.04 Å². The Morgan fingerprint density at radius 1 is 1.24 bits per heavy atom. The molecule has 1 aromatic rings. The van der Waals surface area contributed by atoms with Crippen molar-refractivity contribution in [3.63, 3.8) is 0 Å². The summed E-state index contributed by atoms with van der Waals surface area (Å²) < 4.78 is 0. The Kier molecular flexibility index (Phi) is 6.23. The Bertz CT molecular complexity index is 558.